The number of aliphatic hydroxyl groups is 4. The van der Waals surface area contributed by atoms with Gasteiger partial charge in [-0.05, 0) is 6.42 Å². The summed E-state index contributed by atoms with van der Waals surface area (Å²) in [4.78, 5) is 10.3. The van der Waals surface area contributed by atoms with E-state index in [0.717, 1.165) is 19.1 Å². The molecule has 0 saturated heterocycles. The lowest BCUT2D eigenvalue weighted by atomic mass is 10.0. The first kappa shape index (κ1) is 32.6. The molecule has 0 aliphatic carbocycles. The van der Waals surface area contributed by atoms with Crippen LogP contribution in [0, 0.1) is 0 Å². The van der Waals surface area contributed by atoms with E-state index in [9.17, 15) is 4.79 Å². The summed E-state index contributed by atoms with van der Waals surface area (Å²) in [7, 11) is 0. The molecule has 0 unspecified atom stereocenters. The zero-order chi connectivity index (χ0) is 22.6. The number of hydrogen-bond acceptors (Lipinski definition) is 5. The summed E-state index contributed by atoms with van der Waals surface area (Å²) in [5, 5.41) is 39.9. The summed E-state index contributed by atoms with van der Waals surface area (Å²) in [6, 6.07) is 0. The topological polar surface area (TPSA) is 118 Å². The van der Waals surface area contributed by atoms with Crippen LogP contribution in [0.1, 0.15) is 110 Å². The molecule has 29 heavy (non-hydrogen) atoms. The summed E-state index contributed by atoms with van der Waals surface area (Å²) in [6.45, 7) is 4.46. The fourth-order valence-electron chi connectivity index (χ4n) is 2.71. The van der Waals surface area contributed by atoms with Gasteiger partial charge in [0.05, 0.1) is 19.5 Å². The number of unbranched alkanes of at least 4 members (excludes halogenated alkanes) is 14. The lowest BCUT2D eigenvalue weighted by molar-refractivity contribution is -0.137. The molecule has 5 N–H and O–H groups in total. The van der Waals surface area contributed by atoms with E-state index in [1.54, 1.807) is 0 Å². The molecule has 176 valence electrons. The van der Waals surface area contributed by atoms with Gasteiger partial charge < -0.3 is 25.5 Å². The predicted molar refractivity (Wildman–Crippen MR) is 120 cm³/mol. The number of carboxylic acid groups (broad SMARTS) is 1. The second-order valence-corrected chi connectivity index (χ2v) is 7.30. The smallest absolute Gasteiger partial charge is 0.303 e. The minimum atomic E-state index is -0.954. The maximum absolute atomic E-state index is 10.3. The van der Waals surface area contributed by atoms with Gasteiger partial charge in [-0.25, -0.2) is 0 Å². The van der Waals surface area contributed by atoms with Crippen molar-refractivity contribution in [2.45, 2.75) is 116 Å². The molecule has 0 aromatic rings. The molecule has 0 aliphatic heterocycles. The van der Waals surface area contributed by atoms with Crippen molar-refractivity contribution < 1.29 is 30.3 Å². The van der Waals surface area contributed by atoms with E-state index in [0.29, 0.717) is 6.42 Å². The van der Waals surface area contributed by atoms with Crippen LogP contribution in [-0.4, -0.2) is 50.8 Å². The van der Waals surface area contributed by atoms with Crippen molar-refractivity contribution in [2.24, 2.45) is 0 Å². The number of hydrogen-bond donors (Lipinski definition) is 5. The van der Waals surface area contributed by atoms with Crippen LogP contribution in [-0.2, 0) is 4.79 Å². The molecule has 0 atom stereocenters. The van der Waals surface area contributed by atoms with Gasteiger partial charge >= 0.3 is 5.97 Å². The molecular weight excluding hydrogens is 372 g/mol. The number of aliphatic carboxylic acids is 1. The van der Waals surface area contributed by atoms with E-state index in [1.807, 2.05) is 0 Å². The highest BCUT2D eigenvalue weighted by molar-refractivity contribution is 5.66. The van der Waals surface area contributed by atoms with Crippen molar-refractivity contribution in [3.63, 3.8) is 0 Å². The fraction of sp³-hybridized carbons (Fsp3) is 0.870. The summed E-state index contributed by atoms with van der Waals surface area (Å²) in [5.74, 6) is -0.653. The normalized spacial score (nSPS) is 9.97. The van der Waals surface area contributed by atoms with E-state index in [-0.39, 0.29) is 13.2 Å². The third kappa shape index (κ3) is 42.1. The van der Waals surface area contributed by atoms with Gasteiger partial charge in [0.25, 0.3) is 0 Å². The molecular formula is C23H48O6. The Kier molecular flexibility index (Phi) is 35.4. The van der Waals surface area contributed by atoms with Gasteiger partial charge in [0.2, 0.25) is 0 Å². The third-order valence-corrected chi connectivity index (χ3v) is 4.42. The van der Waals surface area contributed by atoms with Crippen LogP contribution >= 0.6 is 0 Å². The van der Waals surface area contributed by atoms with Gasteiger partial charge in [-0.2, -0.15) is 0 Å². The zero-order valence-electron chi connectivity index (χ0n) is 18.7. The zero-order valence-corrected chi connectivity index (χ0v) is 18.7. The van der Waals surface area contributed by atoms with E-state index in [2.05, 4.69) is 13.5 Å². The summed E-state index contributed by atoms with van der Waals surface area (Å²) in [6.07, 6.45) is 20.0. The highest BCUT2D eigenvalue weighted by Crippen LogP contribution is 2.13. The molecule has 0 aromatic carbocycles. The second kappa shape index (κ2) is 31.6. The molecule has 0 spiro atoms. The fourth-order valence-corrected chi connectivity index (χ4v) is 2.71. The summed E-state index contributed by atoms with van der Waals surface area (Å²) >= 11 is 0. The first-order valence-corrected chi connectivity index (χ1v) is 11.4. The first-order valence-electron chi connectivity index (χ1n) is 11.4. The highest BCUT2D eigenvalue weighted by Gasteiger charge is 1.97. The maximum atomic E-state index is 10.3. The van der Waals surface area contributed by atoms with Gasteiger partial charge in [0.1, 0.15) is 6.10 Å². The largest absolute Gasteiger partial charge is 0.516 e. The van der Waals surface area contributed by atoms with Gasteiger partial charge in [0.15, 0.2) is 0 Å². The maximum Gasteiger partial charge on any atom is 0.303 e. The minimum absolute atomic E-state index is 0.345. The van der Waals surface area contributed by atoms with E-state index < -0.39 is 12.1 Å². The lowest BCUT2D eigenvalue weighted by Crippen LogP contribution is -2.15. The molecule has 0 amide bonds. The van der Waals surface area contributed by atoms with Crippen molar-refractivity contribution in [2.75, 3.05) is 13.2 Å². The van der Waals surface area contributed by atoms with Crippen LogP contribution < -0.4 is 0 Å². The summed E-state index contributed by atoms with van der Waals surface area (Å²) in [5.41, 5.74) is 0. The summed E-state index contributed by atoms with van der Waals surface area (Å²) < 4.78 is 0. The Bertz CT molecular complexity index is 306. The molecule has 0 aliphatic rings. The Morgan fingerprint density at radius 3 is 1.24 bits per heavy atom. The molecule has 0 rings (SSSR count). The van der Waals surface area contributed by atoms with Crippen molar-refractivity contribution in [1.29, 1.82) is 0 Å². The molecule has 0 heterocycles. The lowest BCUT2D eigenvalue weighted by Gasteiger charge is -2.03. The minimum Gasteiger partial charge on any atom is -0.516 e. The van der Waals surface area contributed by atoms with Crippen LogP contribution in [0.25, 0.3) is 0 Å². The van der Waals surface area contributed by atoms with Crippen molar-refractivity contribution in [3.8, 4) is 0 Å². The van der Waals surface area contributed by atoms with Crippen LogP contribution in [0.3, 0.4) is 0 Å². The average molecular weight is 421 g/mol. The monoisotopic (exact) mass is 420 g/mol. The Morgan fingerprint density at radius 2 is 1.03 bits per heavy atom. The van der Waals surface area contributed by atoms with Gasteiger partial charge in [-0.3, -0.25) is 4.79 Å². The standard InChI is InChI=1S/C18H36O2.C3H8O3.C2H4O/c1-2-3-4-5-6-7-8-9-10-11-12-13-14-15-16-17-18(19)20;4-1-3(6)2-5;1-2-3/h2-17H2,1H3,(H,19,20);3-6H,1-2H2;2-3H,1H2. The Hall–Kier alpha value is -1.11. The van der Waals surface area contributed by atoms with Crippen LogP contribution in [0.4, 0.5) is 0 Å². The molecule has 0 fully saturated rings. The first-order chi connectivity index (χ1) is 14.0. The van der Waals surface area contributed by atoms with E-state index in [4.69, 9.17) is 25.5 Å². The molecule has 0 radical (unpaired) electrons. The molecule has 0 bridgehead atoms. The molecule has 0 aromatic heterocycles. The highest BCUT2D eigenvalue weighted by atomic mass is 16.4. The third-order valence-electron chi connectivity index (χ3n) is 4.42. The number of carbonyl (C=O) groups is 1. The number of aliphatic hydroxyl groups excluding tert-OH is 4. The molecule has 6 heteroatoms. The number of rotatable bonds is 18. The Morgan fingerprint density at radius 1 is 0.759 bits per heavy atom. The van der Waals surface area contributed by atoms with Crippen LogP contribution in [0.15, 0.2) is 12.8 Å². The SMILES string of the molecule is C=CO.CCCCCCCCCCCCCCCCCC(=O)O.OCC(O)CO. The molecule has 0 saturated carbocycles. The Balaban J connectivity index is -0.000000625. The van der Waals surface area contributed by atoms with Gasteiger partial charge in [-0.1, -0.05) is 103 Å². The van der Waals surface area contributed by atoms with Crippen LogP contribution in [0.2, 0.25) is 0 Å². The number of carboxylic acids is 1. The van der Waals surface area contributed by atoms with Gasteiger partial charge in [0, 0.05) is 6.42 Å². The quantitative estimate of drug-likeness (QED) is 0.151. The van der Waals surface area contributed by atoms with Crippen LogP contribution in [0.5, 0.6) is 0 Å². The average Bonchev–Trinajstić information content (AvgIpc) is 2.71. The van der Waals surface area contributed by atoms with Crippen molar-refractivity contribution >= 4 is 5.97 Å². The van der Waals surface area contributed by atoms with E-state index >= 15 is 0 Å². The Labute approximate surface area is 178 Å². The van der Waals surface area contributed by atoms with E-state index in [1.165, 1.54) is 83.5 Å². The van der Waals surface area contributed by atoms with Crippen molar-refractivity contribution in [1.82, 2.24) is 0 Å². The van der Waals surface area contributed by atoms with Gasteiger partial charge in [-0.15, -0.1) is 0 Å². The predicted octanol–water partition coefficient (Wildman–Crippen LogP) is 5.35. The van der Waals surface area contributed by atoms with Crippen molar-refractivity contribution in [3.05, 3.63) is 12.8 Å². The second-order valence-electron chi connectivity index (χ2n) is 7.30. The molecule has 6 nitrogen and oxygen atoms in total.